The maximum Gasteiger partial charge on any atom is 0.229 e. The Morgan fingerprint density at radius 1 is 0.633 bits per heavy atom. The number of para-hydroxylation sites is 1. The number of rotatable bonds is 5. The van der Waals surface area contributed by atoms with Gasteiger partial charge in [-0.3, -0.25) is 0 Å². The van der Waals surface area contributed by atoms with Crippen LogP contribution in [0.5, 0.6) is 11.5 Å². The van der Waals surface area contributed by atoms with E-state index in [4.69, 9.17) is 14.5 Å². The minimum Gasteiger partial charge on any atom is -0.486 e. The Labute approximate surface area is 174 Å². The van der Waals surface area contributed by atoms with Gasteiger partial charge in [0.15, 0.2) is 11.5 Å². The third-order valence-corrected chi connectivity index (χ3v) is 4.64. The van der Waals surface area contributed by atoms with Crippen LogP contribution < -0.4 is 20.1 Å². The van der Waals surface area contributed by atoms with Crippen molar-refractivity contribution in [3.8, 4) is 22.8 Å². The van der Waals surface area contributed by atoms with E-state index in [9.17, 15) is 0 Å². The van der Waals surface area contributed by atoms with Gasteiger partial charge >= 0.3 is 0 Å². The van der Waals surface area contributed by atoms with Gasteiger partial charge in [0.1, 0.15) is 19.0 Å². The molecule has 30 heavy (non-hydrogen) atoms. The van der Waals surface area contributed by atoms with Crippen molar-refractivity contribution in [1.29, 1.82) is 0 Å². The molecule has 4 aromatic rings. The summed E-state index contributed by atoms with van der Waals surface area (Å²) in [4.78, 5) is 9.37. The molecular weight excluding hydrogens is 376 g/mol. The predicted octanol–water partition coefficient (Wildman–Crippen LogP) is 5.40. The van der Waals surface area contributed by atoms with E-state index in [2.05, 4.69) is 15.6 Å². The third-order valence-electron chi connectivity index (χ3n) is 4.64. The van der Waals surface area contributed by atoms with Crippen LogP contribution in [0.15, 0.2) is 84.9 Å². The van der Waals surface area contributed by atoms with Crippen molar-refractivity contribution < 1.29 is 9.47 Å². The van der Waals surface area contributed by atoms with Gasteiger partial charge in [0.2, 0.25) is 5.95 Å². The summed E-state index contributed by atoms with van der Waals surface area (Å²) in [5.41, 5.74) is 3.63. The van der Waals surface area contributed by atoms with Gasteiger partial charge in [-0.15, -0.1) is 0 Å². The van der Waals surface area contributed by atoms with Crippen LogP contribution >= 0.6 is 0 Å². The molecule has 6 nitrogen and oxygen atoms in total. The second-order valence-electron chi connectivity index (χ2n) is 6.80. The van der Waals surface area contributed by atoms with Gasteiger partial charge in [0, 0.05) is 29.1 Å². The van der Waals surface area contributed by atoms with Gasteiger partial charge < -0.3 is 20.1 Å². The van der Waals surface area contributed by atoms with Crippen molar-refractivity contribution in [2.45, 2.75) is 0 Å². The number of nitrogens with one attached hydrogen (secondary N) is 2. The number of hydrogen-bond donors (Lipinski definition) is 2. The minimum atomic E-state index is 0.492. The van der Waals surface area contributed by atoms with Crippen molar-refractivity contribution in [3.63, 3.8) is 0 Å². The molecule has 0 aliphatic carbocycles. The molecule has 0 atom stereocenters. The Bertz CT molecular complexity index is 1150. The first kappa shape index (κ1) is 18.0. The van der Waals surface area contributed by atoms with Gasteiger partial charge in [-0.2, -0.15) is 4.98 Å². The molecule has 5 rings (SSSR count). The van der Waals surface area contributed by atoms with E-state index in [-0.39, 0.29) is 0 Å². The van der Waals surface area contributed by atoms with Crippen LogP contribution in [-0.2, 0) is 0 Å². The standard InChI is InChI=1S/C24H20N4O2/c1-3-7-17(8-4-1)20-16-23(25-18-9-5-2-6-10-18)28-24(27-20)26-19-11-12-21-22(15-19)30-14-13-29-21/h1-12,15-16H,13-14H2,(H2,25,26,27,28). The fourth-order valence-corrected chi connectivity index (χ4v) is 3.24. The molecule has 3 aromatic carbocycles. The van der Waals surface area contributed by atoms with Crippen LogP contribution in [0.4, 0.5) is 23.1 Å². The SMILES string of the molecule is c1ccc(Nc2cc(-c3ccccc3)nc(Nc3ccc4c(c3)OCCO4)n2)cc1. The van der Waals surface area contributed by atoms with E-state index in [1.54, 1.807) is 0 Å². The first-order valence-electron chi connectivity index (χ1n) is 9.77. The van der Waals surface area contributed by atoms with Crippen LogP contribution in [-0.4, -0.2) is 23.2 Å². The fourth-order valence-electron chi connectivity index (χ4n) is 3.24. The van der Waals surface area contributed by atoms with Crippen molar-refractivity contribution in [2.24, 2.45) is 0 Å². The molecule has 1 aromatic heterocycles. The molecule has 2 N–H and O–H groups in total. The van der Waals surface area contributed by atoms with E-state index >= 15 is 0 Å². The number of hydrogen-bond acceptors (Lipinski definition) is 6. The van der Waals surface area contributed by atoms with Crippen LogP contribution in [0, 0.1) is 0 Å². The number of nitrogens with zero attached hydrogens (tertiary/aromatic N) is 2. The third kappa shape index (κ3) is 4.03. The summed E-state index contributed by atoms with van der Waals surface area (Å²) in [7, 11) is 0. The van der Waals surface area contributed by atoms with Crippen LogP contribution in [0.25, 0.3) is 11.3 Å². The minimum absolute atomic E-state index is 0.492. The Kier molecular flexibility index (Phi) is 4.88. The maximum absolute atomic E-state index is 5.68. The molecule has 1 aliphatic heterocycles. The molecule has 2 heterocycles. The zero-order valence-corrected chi connectivity index (χ0v) is 16.2. The maximum atomic E-state index is 5.68. The average Bonchev–Trinajstić information content (AvgIpc) is 2.80. The Morgan fingerprint density at radius 2 is 1.37 bits per heavy atom. The largest absolute Gasteiger partial charge is 0.486 e. The molecule has 6 heteroatoms. The molecule has 1 aliphatic rings. The average molecular weight is 396 g/mol. The van der Waals surface area contributed by atoms with Gasteiger partial charge in [0.25, 0.3) is 0 Å². The summed E-state index contributed by atoms with van der Waals surface area (Å²) >= 11 is 0. The van der Waals surface area contributed by atoms with Crippen molar-refractivity contribution in [3.05, 3.63) is 84.9 Å². The zero-order valence-electron chi connectivity index (χ0n) is 16.2. The number of anilines is 4. The predicted molar refractivity (Wildman–Crippen MR) is 118 cm³/mol. The van der Waals surface area contributed by atoms with E-state index in [0.29, 0.717) is 30.7 Å². The summed E-state index contributed by atoms with van der Waals surface area (Å²) < 4.78 is 11.3. The summed E-state index contributed by atoms with van der Waals surface area (Å²) in [5, 5.41) is 6.65. The molecule has 0 saturated carbocycles. The molecule has 0 saturated heterocycles. The highest BCUT2D eigenvalue weighted by molar-refractivity contribution is 5.69. The molecule has 0 bridgehead atoms. The van der Waals surface area contributed by atoms with Crippen LogP contribution in [0.1, 0.15) is 0 Å². The first-order chi connectivity index (χ1) is 14.8. The number of aromatic nitrogens is 2. The Balaban J connectivity index is 1.49. The Morgan fingerprint density at radius 3 is 2.17 bits per heavy atom. The molecule has 0 amide bonds. The zero-order chi connectivity index (χ0) is 20.2. The molecule has 148 valence electrons. The monoisotopic (exact) mass is 396 g/mol. The number of ether oxygens (including phenoxy) is 2. The summed E-state index contributed by atoms with van der Waals surface area (Å²) in [6, 6.07) is 27.6. The lowest BCUT2D eigenvalue weighted by atomic mass is 10.1. The van der Waals surface area contributed by atoms with Gasteiger partial charge in [-0.05, 0) is 24.3 Å². The van der Waals surface area contributed by atoms with Gasteiger partial charge in [-0.1, -0.05) is 48.5 Å². The molecule has 0 unspecified atom stereocenters. The molecular formula is C24H20N4O2. The lowest BCUT2D eigenvalue weighted by Gasteiger charge is -2.19. The van der Waals surface area contributed by atoms with Crippen LogP contribution in [0.2, 0.25) is 0 Å². The topological polar surface area (TPSA) is 68.3 Å². The number of benzene rings is 3. The summed E-state index contributed by atoms with van der Waals surface area (Å²) in [6.45, 7) is 1.11. The number of fused-ring (bicyclic) bond motifs is 1. The fraction of sp³-hybridized carbons (Fsp3) is 0.0833. The van der Waals surface area contributed by atoms with E-state index in [1.807, 2.05) is 84.9 Å². The molecule has 0 radical (unpaired) electrons. The Hall–Kier alpha value is -4.06. The van der Waals surface area contributed by atoms with Crippen molar-refractivity contribution in [1.82, 2.24) is 9.97 Å². The highest BCUT2D eigenvalue weighted by atomic mass is 16.6. The normalized spacial score (nSPS) is 12.3. The smallest absolute Gasteiger partial charge is 0.229 e. The summed E-state index contributed by atoms with van der Waals surface area (Å²) in [5.74, 6) is 2.66. The second kappa shape index (κ2) is 8.13. The van der Waals surface area contributed by atoms with Crippen molar-refractivity contribution in [2.75, 3.05) is 23.8 Å². The van der Waals surface area contributed by atoms with E-state index in [0.717, 1.165) is 28.4 Å². The van der Waals surface area contributed by atoms with Crippen molar-refractivity contribution >= 4 is 23.1 Å². The highest BCUT2D eigenvalue weighted by Crippen LogP contribution is 2.33. The van der Waals surface area contributed by atoms with E-state index in [1.165, 1.54) is 0 Å². The lowest BCUT2D eigenvalue weighted by Crippen LogP contribution is -2.15. The van der Waals surface area contributed by atoms with Gasteiger partial charge in [-0.25, -0.2) is 4.98 Å². The quantitative estimate of drug-likeness (QED) is 0.471. The highest BCUT2D eigenvalue weighted by Gasteiger charge is 2.13. The first-order valence-corrected chi connectivity index (χ1v) is 9.77. The molecule has 0 spiro atoms. The second-order valence-corrected chi connectivity index (χ2v) is 6.80. The lowest BCUT2D eigenvalue weighted by molar-refractivity contribution is 0.171. The summed E-state index contributed by atoms with van der Waals surface area (Å²) in [6.07, 6.45) is 0. The van der Waals surface area contributed by atoms with Gasteiger partial charge in [0.05, 0.1) is 5.69 Å². The van der Waals surface area contributed by atoms with E-state index < -0.39 is 0 Å². The molecule has 0 fully saturated rings. The van der Waals surface area contributed by atoms with Crippen LogP contribution in [0.3, 0.4) is 0 Å².